The molecule has 1 spiro atoms. The Hall–Kier alpha value is -2.08. The smallest absolute Gasteiger partial charge is 0.320 e. The first kappa shape index (κ1) is 17.3. The summed E-state index contributed by atoms with van der Waals surface area (Å²) in [6.45, 7) is 4.21. The molecule has 1 atom stereocenters. The van der Waals surface area contributed by atoms with Crippen molar-refractivity contribution < 1.29 is 14.7 Å². The van der Waals surface area contributed by atoms with Gasteiger partial charge in [-0.15, -0.1) is 0 Å². The van der Waals surface area contributed by atoms with E-state index < -0.39 is 12.0 Å². The van der Waals surface area contributed by atoms with Crippen molar-refractivity contribution in [3.05, 3.63) is 29.8 Å². The average molecular weight is 357 g/mol. The molecule has 0 saturated carbocycles. The van der Waals surface area contributed by atoms with Crippen LogP contribution < -0.4 is 10.2 Å². The Morgan fingerprint density at radius 2 is 1.77 bits per heavy atom. The second kappa shape index (κ2) is 6.91. The van der Waals surface area contributed by atoms with E-state index >= 15 is 0 Å². The van der Waals surface area contributed by atoms with Crippen molar-refractivity contribution >= 4 is 17.6 Å². The minimum Gasteiger partial charge on any atom is -0.480 e. The van der Waals surface area contributed by atoms with Crippen LogP contribution in [0.5, 0.6) is 0 Å². The maximum atomic E-state index is 13.1. The summed E-state index contributed by atoms with van der Waals surface area (Å²) in [5.41, 5.74) is 1.90. The molecule has 26 heavy (non-hydrogen) atoms. The lowest BCUT2D eigenvalue weighted by Gasteiger charge is -2.39. The number of amides is 1. The summed E-state index contributed by atoms with van der Waals surface area (Å²) in [7, 11) is 0. The number of hydrogen-bond donors (Lipinski definition) is 2. The average Bonchev–Trinajstić information content (AvgIpc) is 3.33. The third-order valence-corrected chi connectivity index (χ3v) is 6.35. The molecule has 3 aliphatic rings. The van der Waals surface area contributed by atoms with Gasteiger partial charge < -0.3 is 20.2 Å². The van der Waals surface area contributed by atoms with Crippen molar-refractivity contribution in [3.8, 4) is 0 Å². The molecule has 0 radical (unpaired) electrons. The molecule has 3 fully saturated rings. The van der Waals surface area contributed by atoms with Crippen molar-refractivity contribution in [2.45, 2.75) is 38.1 Å². The van der Waals surface area contributed by atoms with Crippen LogP contribution in [0.2, 0.25) is 0 Å². The third kappa shape index (κ3) is 3.18. The van der Waals surface area contributed by atoms with E-state index in [2.05, 4.69) is 16.3 Å². The van der Waals surface area contributed by atoms with Crippen molar-refractivity contribution in [2.24, 2.45) is 5.41 Å². The second-order valence-corrected chi connectivity index (χ2v) is 7.98. The summed E-state index contributed by atoms with van der Waals surface area (Å²) in [5.74, 6) is -0.650. The molecule has 3 heterocycles. The van der Waals surface area contributed by atoms with E-state index in [1.807, 2.05) is 23.1 Å². The Kier molecular flexibility index (Phi) is 4.61. The maximum Gasteiger partial charge on any atom is 0.320 e. The fourth-order valence-corrected chi connectivity index (χ4v) is 4.72. The normalized spacial score (nSPS) is 25.0. The molecule has 0 aromatic heterocycles. The molecule has 2 N–H and O–H groups in total. The summed E-state index contributed by atoms with van der Waals surface area (Å²) in [4.78, 5) is 28.6. The molecule has 1 amide bonds. The van der Waals surface area contributed by atoms with Gasteiger partial charge in [-0.25, -0.2) is 0 Å². The SMILES string of the molecule is O=C(O)C1CC2(CCN(C(=O)c3ccccc3N3CCCC3)CC2)CN1. The molecule has 1 unspecified atom stereocenters. The van der Waals surface area contributed by atoms with Crippen LogP contribution in [-0.4, -0.2) is 60.6 Å². The minimum absolute atomic E-state index is 0.0360. The predicted molar refractivity (Wildman–Crippen MR) is 99.5 cm³/mol. The number of aliphatic carboxylic acids is 1. The van der Waals surface area contributed by atoms with Crippen molar-refractivity contribution in [1.29, 1.82) is 0 Å². The summed E-state index contributed by atoms with van der Waals surface area (Å²) in [6, 6.07) is 7.51. The Labute approximate surface area is 154 Å². The number of carboxylic acid groups (broad SMARTS) is 1. The highest BCUT2D eigenvalue weighted by Gasteiger charge is 2.44. The molecule has 4 rings (SSSR count). The van der Waals surface area contributed by atoms with E-state index in [0.717, 1.165) is 43.7 Å². The standard InChI is InChI=1S/C20H27N3O3/c24-18(15-5-1-2-6-17(15)22-9-3-4-10-22)23-11-7-20(8-12-23)13-16(19(25)26)21-14-20/h1-2,5-6,16,21H,3-4,7-14H2,(H,25,26). The van der Waals surface area contributed by atoms with Gasteiger partial charge in [-0.2, -0.15) is 0 Å². The van der Waals surface area contributed by atoms with E-state index in [1.165, 1.54) is 12.8 Å². The summed E-state index contributed by atoms with van der Waals surface area (Å²) >= 11 is 0. The Bertz CT molecular complexity index is 691. The van der Waals surface area contributed by atoms with Crippen molar-refractivity contribution in [2.75, 3.05) is 37.6 Å². The van der Waals surface area contributed by atoms with Crippen molar-refractivity contribution in [3.63, 3.8) is 0 Å². The van der Waals surface area contributed by atoms with Crippen LogP contribution >= 0.6 is 0 Å². The number of benzene rings is 1. The van der Waals surface area contributed by atoms with E-state index in [4.69, 9.17) is 0 Å². The highest BCUT2D eigenvalue weighted by atomic mass is 16.4. The zero-order valence-corrected chi connectivity index (χ0v) is 15.1. The number of carbonyl (C=O) groups excluding carboxylic acids is 1. The number of rotatable bonds is 3. The van der Waals surface area contributed by atoms with Crippen LogP contribution in [0.15, 0.2) is 24.3 Å². The zero-order valence-electron chi connectivity index (χ0n) is 15.1. The molecule has 1 aromatic carbocycles. The molecule has 140 valence electrons. The fourth-order valence-electron chi connectivity index (χ4n) is 4.72. The van der Waals surface area contributed by atoms with Gasteiger partial charge in [0.2, 0.25) is 0 Å². The van der Waals surface area contributed by atoms with Crippen LogP contribution in [0.25, 0.3) is 0 Å². The van der Waals surface area contributed by atoms with Crippen molar-refractivity contribution in [1.82, 2.24) is 10.2 Å². The quantitative estimate of drug-likeness (QED) is 0.865. The first-order valence-electron chi connectivity index (χ1n) is 9.67. The zero-order chi connectivity index (χ0) is 18.1. The number of para-hydroxylation sites is 1. The van der Waals surface area contributed by atoms with E-state index in [9.17, 15) is 14.7 Å². The topological polar surface area (TPSA) is 72.9 Å². The van der Waals surface area contributed by atoms with Crippen LogP contribution in [0.4, 0.5) is 5.69 Å². The first-order valence-corrected chi connectivity index (χ1v) is 9.67. The van der Waals surface area contributed by atoms with Gasteiger partial charge in [-0.05, 0) is 49.7 Å². The first-order chi connectivity index (χ1) is 12.6. The molecular formula is C20H27N3O3. The fraction of sp³-hybridized carbons (Fsp3) is 0.600. The number of hydrogen-bond acceptors (Lipinski definition) is 4. The molecule has 1 aromatic rings. The molecular weight excluding hydrogens is 330 g/mol. The van der Waals surface area contributed by atoms with Gasteiger partial charge in [0.05, 0.1) is 5.56 Å². The second-order valence-electron chi connectivity index (χ2n) is 7.98. The number of nitrogens with one attached hydrogen (secondary N) is 1. The third-order valence-electron chi connectivity index (χ3n) is 6.35. The molecule has 6 heteroatoms. The van der Waals surface area contributed by atoms with Gasteiger partial charge in [0.25, 0.3) is 5.91 Å². The number of piperidine rings is 1. The van der Waals surface area contributed by atoms with E-state index in [1.54, 1.807) is 0 Å². The van der Waals surface area contributed by atoms with Crippen LogP contribution in [0.3, 0.4) is 0 Å². The molecule has 0 aliphatic carbocycles. The van der Waals surface area contributed by atoms with Gasteiger partial charge in [0.1, 0.15) is 6.04 Å². The number of carboxylic acids is 1. The molecule has 6 nitrogen and oxygen atoms in total. The van der Waals surface area contributed by atoms with E-state index in [-0.39, 0.29) is 11.3 Å². The molecule has 3 aliphatic heterocycles. The van der Waals surface area contributed by atoms with Crippen LogP contribution in [0, 0.1) is 5.41 Å². The number of nitrogens with zero attached hydrogens (tertiary/aromatic N) is 2. The highest BCUT2D eigenvalue weighted by Crippen LogP contribution is 2.40. The van der Waals surface area contributed by atoms with E-state index in [0.29, 0.717) is 19.5 Å². The van der Waals surface area contributed by atoms with Gasteiger partial charge >= 0.3 is 5.97 Å². The van der Waals surface area contributed by atoms with Gasteiger partial charge in [-0.3, -0.25) is 9.59 Å². The summed E-state index contributed by atoms with van der Waals surface area (Å²) < 4.78 is 0. The van der Waals surface area contributed by atoms with Gasteiger partial charge in [0.15, 0.2) is 0 Å². The van der Waals surface area contributed by atoms with Crippen LogP contribution in [-0.2, 0) is 4.79 Å². The number of anilines is 1. The Balaban J connectivity index is 1.44. The minimum atomic E-state index is -0.764. The van der Waals surface area contributed by atoms with Gasteiger partial charge in [0, 0.05) is 38.4 Å². The number of likely N-dealkylation sites (tertiary alicyclic amines) is 1. The van der Waals surface area contributed by atoms with Crippen LogP contribution in [0.1, 0.15) is 42.5 Å². The lowest BCUT2D eigenvalue weighted by molar-refractivity contribution is -0.139. The summed E-state index contributed by atoms with van der Waals surface area (Å²) in [5, 5.41) is 12.3. The predicted octanol–water partition coefficient (Wildman–Crippen LogP) is 1.96. The Morgan fingerprint density at radius 1 is 1.08 bits per heavy atom. The summed E-state index contributed by atoms with van der Waals surface area (Å²) in [6.07, 6.45) is 4.80. The Morgan fingerprint density at radius 3 is 2.42 bits per heavy atom. The van der Waals surface area contributed by atoms with Gasteiger partial charge in [-0.1, -0.05) is 12.1 Å². The number of carbonyl (C=O) groups is 2. The highest BCUT2D eigenvalue weighted by molar-refractivity contribution is 6.00. The molecule has 3 saturated heterocycles. The lowest BCUT2D eigenvalue weighted by atomic mass is 9.76. The lowest BCUT2D eigenvalue weighted by Crippen LogP contribution is -2.44. The monoisotopic (exact) mass is 357 g/mol. The largest absolute Gasteiger partial charge is 0.480 e. The molecule has 0 bridgehead atoms. The maximum absolute atomic E-state index is 13.1.